The van der Waals surface area contributed by atoms with Gasteiger partial charge in [-0.05, 0) is 67.6 Å². The lowest BCUT2D eigenvalue weighted by molar-refractivity contribution is -0.123. The second-order valence-corrected chi connectivity index (χ2v) is 8.60. The number of nitrogens with one attached hydrogen (secondary N) is 2. The Morgan fingerprint density at radius 3 is 2.25 bits per heavy atom. The van der Waals surface area contributed by atoms with Crippen molar-refractivity contribution in [3.63, 3.8) is 0 Å². The number of anilines is 3. The van der Waals surface area contributed by atoms with Crippen molar-refractivity contribution in [1.82, 2.24) is 10.2 Å². The van der Waals surface area contributed by atoms with Gasteiger partial charge in [-0.3, -0.25) is 9.52 Å². The highest BCUT2D eigenvalue weighted by Gasteiger charge is 2.20. The van der Waals surface area contributed by atoms with Gasteiger partial charge >= 0.3 is 5.97 Å². The first kappa shape index (κ1) is 23.0. The fraction of sp³-hybridized carbons (Fsp3) is 0.100. The molecule has 2 aromatic carbocycles. The summed E-state index contributed by atoms with van der Waals surface area (Å²) in [4.78, 5) is 24.4. The van der Waals surface area contributed by atoms with Crippen LogP contribution >= 0.6 is 11.6 Å². The number of esters is 1. The number of sulfonamides is 1. The maximum absolute atomic E-state index is 12.4. The molecule has 1 amide bonds. The lowest BCUT2D eigenvalue weighted by Gasteiger charge is -2.14. The second kappa shape index (κ2) is 9.62. The normalized spacial score (nSPS) is 11.9. The Morgan fingerprint density at radius 2 is 1.66 bits per heavy atom. The van der Waals surface area contributed by atoms with Crippen molar-refractivity contribution in [1.29, 1.82) is 0 Å². The third-order valence-corrected chi connectivity index (χ3v) is 5.67. The van der Waals surface area contributed by atoms with Crippen molar-refractivity contribution in [3.05, 3.63) is 71.4 Å². The number of nitrogens with two attached hydrogens (primary N) is 1. The molecule has 3 aromatic rings. The summed E-state index contributed by atoms with van der Waals surface area (Å²) in [6.07, 6.45) is -1.09. The third kappa shape index (κ3) is 5.93. The van der Waals surface area contributed by atoms with Crippen LogP contribution in [0, 0.1) is 0 Å². The predicted molar refractivity (Wildman–Crippen MR) is 119 cm³/mol. The smallest absolute Gasteiger partial charge is 0.338 e. The average molecular weight is 476 g/mol. The number of amides is 1. The first-order chi connectivity index (χ1) is 15.1. The molecule has 1 heterocycles. The zero-order valence-electron chi connectivity index (χ0n) is 16.7. The SMILES string of the molecule is CC(OC(=O)c1ccc(N)cc1)C(=O)Nc1ccc(S(=O)(=O)Nc2ccc(Cl)nn2)cc1. The van der Waals surface area contributed by atoms with E-state index in [-0.39, 0.29) is 21.4 Å². The molecule has 0 aliphatic heterocycles. The van der Waals surface area contributed by atoms with Gasteiger partial charge in [0.05, 0.1) is 10.5 Å². The lowest BCUT2D eigenvalue weighted by Crippen LogP contribution is -2.30. The highest BCUT2D eigenvalue weighted by atomic mass is 35.5. The number of nitrogens with zero attached hydrogens (tertiary/aromatic N) is 2. The predicted octanol–water partition coefficient (Wildman–Crippen LogP) is 2.70. The average Bonchev–Trinajstić information content (AvgIpc) is 2.76. The zero-order chi connectivity index (χ0) is 23.3. The molecule has 32 heavy (non-hydrogen) atoms. The Kier molecular flexibility index (Phi) is 6.91. The molecule has 1 atom stereocenters. The monoisotopic (exact) mass is 475 g/mol. The van der Waals surface area contributed by atoms with Crippen LogP contribution in [0.3, 0.4) is 0 Å². The highest BCUT2D eigenvalue weighted by molar-refractivity contribution is 7.92. The molecule has 166 valence electrons. The molecule has 0 bridgehead atoms. The Hall–Kier alpha value is -3.70. The Labute approximate surface area is 188 Å². The standard InChI is InChI=1S/C20H18ClN5O5S/c1-12(31-20(28)13-2-4-14(22)5-3-13)19(27)23-15-6-8-16(9-7-15)32(29,30)26-18-11-10-17(21)24-25-18/h2-12H,22H2,1H3,(H,23,27)(H,25,26). The molecular weight excluding hydrogens is 458 g/mol. The number of hydrogen-bond donors (Lipinski definition) is 3. The first-order valence-corrected chi connectivity index (χ1v) is 11.0. The summed E-state index contributed by atoms with van der Waals surface area (Å²) in [5, 5.41) is 9.88. The summed E-state index contributed by atoms with van der Waals surface area (Å²) >= 11 is 5.63. The van der Waals surface area contributed by atoms with Crippen LogP contribution in [0.5, 0.6) is 0 Å². The molecule has 0 radical (unpaired) electrons. The first-order valence-electron chi connectivity index (χ1n) is 9.13. The summed E-state index contributed by atoms with van der Waals surface area (Å²) < 4.78 is 32.3. The molecular formula is C20H18ClN5O5S. The van der Waals surface area contributed by atoms with E-state index in [1.165, 1.54) is 55.5 Å². The minimum Gasteiger partial charge on any atom is -0.449 e. The molecule has 0 aliphatic carbocycles. The van der Waals surface area contributed by atoms with Gasteiger partial charge in [-0.15, -0.1) is 10.2 Å². The van der Waals surface area contributed by atoms with Crippen LogP contribution in [0.4, 0.5) is 17.2 Å². The van der Waals surface area contributed by atoms with Gasteiger partial charge in [0, 0.05) is 11.4 Å². The third-order valence-electron chi connectivity index (χ3n) is 4.10. The number of hydrogen-bond acceptors (Lipinski definition) is 8. The molecule has 0 saturated carbocycles. The molecule has 12 heteroatoms. The van der Waals surface area contributed by atoms with Crippen molar-refractivity contribution in [2.75, 3.05) is 15.8 Å². The van der Waals surface area contributed by atoms with Gasteiger partial charge in [0.1, 0.15) is 0 Å². The van der Waals surface area contributed by atoms with E-state index in [1.807, 2.05) is 0 Å². The van der Waals surface area contributed by atoms with Crippen molar-refractivity contribution in [2.24, 2.45) is 0 Å². The van der Waals surface area contributed by atoms with Crippen LogP contribution in [-0.2, 0) is 19.6 Å². The summed E-state index contributed by atoms with van der Waals surface area (Å²) in [5.41, 5.74) is 6.64. The summed E-state index contributed by atoms with van der Waals surface area (Å²) in [5.74, 6) is -1.26. The summed E-state index contributed by atoms with van der Waals surface area (Å²) in [7, 11) is -3.92. The fourth-order valence-electron chi connectivity index (χ4n) is 2.43. The van der Waals surface area contributed by atoms with Gasteiger partial charge in [-0.25, -0.2) is 13.2 Å². The number of rotatable bonds is 7. The van der Waals surface area contributed by atoms with Gasteiger partial charge in [0.15, 0.2) is 17.1 Å². The van der Waals surface area contributed by atoms with E-state index in [0.717, 1.165) is 0 Å². The fourth-order valence-corrected chi connectivity index (χ4v) is 3.53. The van der Waals surface area contributed by atoms with Crippen LogP contribution in [0.1, 0.15) is 17.3 Å². The maximum atomic E-state index is 12.4. The number of benzene rings is 2. The molecule has 1 aromatic heterocycles. The molecule has 0 saturated heterocycles. The van der Waals surface area contributed by atoms with E-state index < -0.39 is 28.0 Å². The largest absolute Gasteiger partial charge is 0.449 e. The second-order valence-electron chi connectivity index (χ2n) is 6.53. The van der Waals surface area contributed by atoms with Crippen LogP contribution in [0.15, 0.2) is 65.6 Å². The molecule has 0 fully saturated rings. The number of halogens is 1. The maximum Gasteiger partial charge on any atom is 0.338 e. The number of carbonyl (C=O) groups excluding carboxylic acids is 2. The molecule has 3 rings (SSSR count). The van der Waals surface area contributed by atoms with Crippen molar-refractivity contribution >= 4 is 50.7 Å². The number of aromatic nitrogens is 2. The summed E-state index contributed by atoms with van der Waals surface area (Å²) in [6.45, 7) is 1.42. The Balaban J connectivity index is 1.60. The number of nitrogen functional groups attached to an aromatic ring is 1. The Morgan fingerprint density at radius 1 is 1.00 bits per heavy atom. The topological polar surface area (TPSA) is 153 Å². The van der Waals surface area contributed by atoms with E-state index in [1.54, 1.807) is 12.1 Å². The quantitative estimate of drug-likeness (QED) is 0.348. The molecule has 0 aliphatic rings. The number of carbonyl (C=O) groups is 2. The van der Waals surface area contributed by atoms with Crippen LogP contribution in [0.2, 0.25) is 5.15 Å². The van der Waals surface area contributed by atoms with Crippen LogP contribution < -0.4 is 15.8 Å². The lowest BCUT2D eigenvalue weighted by atomic mass is 10.2. The van der Waals surface area contributed by atoms with Crippen molar-refractivity contribution < 1.29 is 22.7 Å². The zero-order valence-corrected chi connectivity index (χ0v) is 18.2. The van der Waals surface area contributed by atoms with Crippen molar-refractivity contribution in [2.45, 2.75) is 17.9 Å². The van der Waals surface area contributed by atoms with E-state index in [2.05, 4.69) is 20.2 Å². The van der Waals surface area contributed by atoms with Crippen LogP contribution in [0.25, 0.3) is 0 Å². The van der Waals surface area contributed by atoms with E-state index >= 15 is 0 Å². The minimum absolute atomic E-state index is 0.00326. The molecule has 1 unspecified atom stereocenters. The van der Waals surface area contributed by atoms with Crippen LogP contribution in [-0.4, -0.2) is 36.6 Å². The van der Waals surface area contributed by atoms with Gasteiger partial charge in [-0.1, -0.05) is 11.6 Å². The molecule has 0 spiro atoms. The van der Waals surface area contributed by atoms with Crippen molar-refractivity contribution in [3.8, 4) is 0 Å². The highest BCUT2D eigenvalue weighted by Crippen LogP contribution is 2.18. The molecule has 10 nitrogen and oxygen atoms in total. The number of ether oxygens (including phenoxy) is 1. The van der Waals surface area contributed by atoms with E-state index in [0.29, 0.717) is 11.4 Å². The van der Waals surface area contributed by atoms with Gasteiger partial charge in [-0.2, -0.15) is 0 Å². The van der Waals surface area contributed by atoms with E-state index in [4.69, 9.17) is 22.1 Å². The van der Waals surface area contributed by atoms with E-state index in [9.17, 15) is 18.0 Å². The van der Waals surface area contributed by atoms with Gasteiger partial charge < -0.3 is 15.8 Å². The molecule has 4 N–H and O–H groups in total. The summed E-state index contributed by atoms with van der Waals surface area (Å²) in [6, 6.07) is 14.2. The Bertz CT molecular complexity index is 1220. The minimum atomic E-state index is -3.92. The van der Waals surface area contributed by atoms with Gasteiger partial charge in [0.25, 0.3) is 15.9 Å². The van der Waals surface area contributed by atoms with Gasteiger partial charge in [0.2, 0.25) is 0 Å².